The van der Waals surface area contributed by atoms with E-state index in [1.165, 1.54) is 11.8 Å². The van der Waals surface area contributed by atoms with E-state index in [0.717, 1.165) is 33.6 Å². The van der Waals surface area contributed by atoms with Crippen molar-refractivity contribution in [2.24, 2.45) is 4.99 Å². The number of carbonyl (C=O) groups excluding carboxylic acids is 1. The van der Waals surface area contributed by atoms with Gasteiger partial charge in [-0.05, 0) is 51.0 Å². The summed E-state index contributed by atoms with van der Waals surface area (Å²) in [5.41, 5.74) is 6.15. The smallest absolute Gasteiger partial charge is 0.234 e. The number of hydrogen-bond donors (Lipinski definition) is 1. The van der Waals surface area contributed by atoms with Crippen molar-refractivity contribution in [2.45, 2.75) is 39.8 Å². The first kappa shape index (κ1) is 21.9. The quantitative estimate of drug-likeness (QED) is 0.758. The van der Waals surface area contributed by atoms with Gasteiger partial charge in [0.1, 0.15) is 0 Å². The van der Waals surface area contributed by atoms with E-state index in [9.17, 15) is 13.2 Å². The maximum absolute atomic E-state index is 12.6. The zero-order chi connectivity index (χ0) is 22.3. The molecule has 1 amide bonds. The first-order chi connectivity index (χ1) is 14.6. The number of aryl methyl sites for hydroxylation is 4. The Bertz CT molecular complexity index is 1170. The molecule has 0 unspecified atom stereocenters. The van der Waals surface area contributed by atoms with E-state index in [1.807, 2.05) is 62.9 Å². The van der Waals surface area contributed by atoms with Crippen LogP contribution in [0, 0.1) is 27.7 Å². The minimum atomic E-state index is -3.11. The number of hydrogen-bond acceptors (Lipinski definition) is 6. The van der Waals surface area contributed by atoms with Gasteiger partial charge in [0, 0.05) is 11.4 Å². The molecule has 0 aliphatic carbocycles. The van der Waals surface area contributed by atoms with Crippen molar-refractivity contribution >= 4 is 44.0 Å². The molecule has 0 saturated carbocycles. The number of amides is 1. The van der Waals surface area contributed by atoms with Crippen LogP contribution in [-0.4, -0.2) is 48.8 Å². The molecule has 6 nitrogen and oxygen atoms in total. The lowest BCUT2D eigenvalue weighted by atomic mass is 10.1. The summed E-state index contributed by atoms with van der Waals surface area (Å²) in [5, 5.41) is 3.68. The van der Waals surface area contributed by atoms with Crippen molar-refractivity contribution in [3.8, 4) is 0 Å². The predicted octanol–water partition coefficient (Wildman–Crippen LogP) is 3.63. The number of anilines is 2. The normalized spacial score (nSPS) is 21.7. The molecule has 4 rings (SSSR count). The van der Waals surface area contributed by atoms with Gasteiger partial charge in [0.25, 0.3) is 0 Å². The van der Waals surface area contributed by atoms with E-state index >= 15 is 0 Å². The zero-order valence-corrected chi connectivity index (χ0v) is 19.8. The third kappa shape index (κ3) is 4.65. The van der Waals surface area contributed by atoms with E-state index in [4.69, 9.17) is 4.99 Å². The number of nitrogens with zero attached hydrogens (tertiary/aromatic N) is 2. The first-order valence-electron chi connectivity index (χ1n) is 10.3. The highest BCUT2D eigenvalue weighted by atomic mass is 32.2. The Morgan fingerprint density at radius 3 is 2.42 bits per heavy atom. The van der Waals surface area contributed by atoms with Gasteiger partial charge in [-0.25, -0.2) is 8.42 Å². The molecule has 0 bridgehead atoms. The summed E-state index contributed by atoms with van der Waals surface area (Å²) in [6.45, 7) is 8.05. The molecule has 0 radical (unpaired) electrons. The van der Waals surface area contributed by atoms with Crippen LogP contribution in [0.4, 0.5) is 11.4 Å². The second kappa shape index (κ2) is 8.31. The maximum atomic E-state index is 12.6. The third-order valence-electron chi connectivity index (χ3n) is 5.71. The Kier molecular flexibility index (Phi) is 5.87. The van der Waals surface area contributed by atoms with Gasteiger partial charge in [0.15, 0.2) is 15.0 Å². The van der Waals surface area contributed by atoms with Crippen LogP contribution >= 0.6 is 11.8 Å². The highest BCUT2D eigenvalue weighted by Crippen LogP contribution is 2.36. The Morgan fingerprint density at radius 1 is 1.06 bits per heavy atom. The van der Waals surface area contributed by atoms with Crippen molar-refractivity contribution in [1.29, 1.82) is 0 Å². The fourth-order valence-corrected chi connectivity index (χ4v) is 7.02. The van der Waals surface area contributed by atoms with Crippen molar-refractivity contribution in [2.75, 3.05) is 27.5 Å². The standard InChI is InChI=1S/C23H27N3O3S2/c1-14-5-7-18(16(3)9-14)24-22(27)11-30-23-25-19-12-31(28,29)13-21(19)26(23)20-8-6-15(2)10-17(20)4/h5-10,19,21H,11-13H2,1-4H3,(H,24,27)/t19-,21-/m1/s1. The summed E-state index contributed by atoms with van der Waals surface area (Å²) in [4.78, 5) is 19.4. The number of thioether (sulfide) groups is 1. The molecular formula is C23H27N3O3S2. The highest BCUT2D eigenvalue weighted by molar-refractivity contribution is 8.14. The number of amidine groups is 1. The second-order valence-electron chi connectivity index (χ2n) is 8.44. The van der Waals surface area contributed by atoms with Gasteiger partial charge in [0.05, 0.1) is 29.3 Å². The van der Waals surface area contributed by atoms with Crippen LogP contribution in [0.5, 0.6) is 0 Å². The maximum Gasteiger partial charge on any atom is 0.234 e. The Morgan fingerprint density at radius 2 is 1.74 bits per heavy atom. The lowest BCUT2D eigenvalue weighted by molar-refractivity contribution is -0.113. The van der Waals surface area contributed by atoms with Crippen molar-refractivity contribution < 1.29 is 13.2 Å². The monoisotopic (exact) mass is 457 g/mol. The summed E-state index contributed by atoms with van der Waals surface area (Å²) in [6.07, 6.45) is 0. The minimum absolute atomic E-state index is 0.0674. The Labute approximate surface area is 188 Å². The van der Waals surface area contributed by atoms with Gasteiger partial charge in [-0.1, -0.05) is 47.2 Å². The molecule has 2 aliphatic heterocycles. The van der Waals surface area contributed by atoms with Gasteiger partial charge in [-0.3, -0.25) is 9.79 Å². The molecule has 2 aliphatic rings. The fourth-order valence-electron chi connectivity index (χ4n) is 4.26. The van der Waals surface area contributed by atoms with Crippen LogP contribution in [0.25, 0.3) is 0 Å². The van der Waals surface area contributed by atoms with Crippen LogP contribution in [0.3, 0.4) is 0 Å². The molecule has 1 fully saturated rings. The number of rotatable bonds is 4. The molecule has 164 valence electrons. The summed E-state index contributed by atoms with van der Waals surface area (Å²) in [6, 6.07) is 11.6. The number of benzene rings is 2. The molecule has 1 saturated heterocycles. The Hall–Kier alpha value is -2.32. The van der Waals surface area contributed by atoms with Crippen LogP contribution in [0.2, 0.25) is 0 Å². The van der Waals surface area contributed by atoms with Crippen molar-refractivity contribution in [1.82, 2.24) is 0 Å². The number of aliphatic imine (C=N–C) groups is 1. The summed E-state index contributed by atoms with van der Waals surface area (Å²) in [7, 11) is -3.11. The highest BCUT2D eigenvalue weighted by Gasteiger charge is 2.47. The van der Waals surface area contributed by atoms with Crippen molar-refractivity contribution in [3.05, 3.63) is 58.7 Å². The topological polar surface area (TPSA) is 78.8 Å². The van der Waals surface area contributed by atoms with E-state index < -0.39 is 9.84 Å². The van der Waals surface area contributed by atoms with Gasteiger partial charge in [-0.2, -0.15) is 0 Å². The number of carbonyl (C=O) groups is 1. The molecule has 2 aromatic carbocycles. The molecular weight excluding hydrogens is 430 g/mol. The molecule has 0 aromatic heterocycles. The average molecular weight is 458 g/mol. The number of sulfone groups is 1. The summed E-state index contributed by atoms with van der Waals surface area (Å²) < 4.78 is 24.5. The molecule has 2 aromatic rings. The largest absolute Gasteiger partial charge is 0.325 e. The fraction of sp³-hybridized carbons (Fsp3) is 0.391. The van der Waals surface area contributed by atoms with Gasteiger partial charge in [0.2, 0.25) is 5.91 Å². The van der Waals surface area contributed by atoms with E-state index in [-0.39, 0.29) is 35.2 Å². The second-order valence-corrected chi connectivity index (χ2v) is 11.5. The molecule has 0 spiro atoms. The average Bonchev–Trinajstić information content (AvgIpc) is 3.14. The van der Waals surface area contributed by atoms with E-state index in [2.05, 4.69) is 11.4 Å². The predicted molar refractivity (Wildman–Crippen MR) is 129 cm³/mol. The van der Waals surface area contributed by atoms with Crippen LogP contribution in [0.1, 0.15) is 22.3 Å². The summed E-state index contributed by atoms with van der Waals surface area (Å²) >= 11 is 1.36. The van der Waals surface area contributed by atoms with Crippen LogP contribution in [-0.2, 0) is 14.6 Å². The zero-order valence-electron chi connectivity index (χ0n) is 18.2. The SMILES string of the molecule is Cc1ccc(NC(=O)CSC2=N[C@@H]3CS(=O)(=O)C[C@H]3N2c2ccc(C)cc2C)c(C)c1. The number of nitrogens with one attached hydrogen (secondary N) is 1. The third-order valence-corrected chi connectivity index (χ3v) is 8.37. The number of fused-ring (bicyclic) bond motifs is 1. The lowest BCUT2D eigenvalue weighted by Gasteiger charge is -2.28. The molecule has 2 atom stereocenters. The van der Waals surface area contributed by atoms with E-state index in [0.29, 0.717) is 5.17 Å². The van der Waals surface area contributed by atoms with Gasteiger partial charge >= 0.3 is 0 Å². The first-order valence-corrected chi connectivity index (χ1v) is 13.1. The Balaban J connectivity index is 1.53. The minimum Gasteiger partial charge on any atom is -0.325 e. The molecule has 31 heavy (non-hydrogen) atoms. The van der Waals surface area contributed by atoms with E-state index in [1.54, 1.807) is 0 Å². The van der Waals surface area contributed by atoms with Gasteiger partial charge in [-0.15, -0.1) is 0 Å². The molecule has 2 heterocycles. The van der Waals surface area contributed by atoms with Gasteiger partial charge < -0.3 is 10.2 Å². The lowest BCUT2D eigenvalue weighted by Crippen LogP contribution is -2.39. The molecule has 1 N–H and O–H groups in total. The van der Waals surface area contributed by atoms with Crippen LogP contribution in [0.15, 0.2) is 41.4 Å². The molecule has 8 heteroatoms. The van der Waals surface area contributed by atoms with Crippen LogP contribution < -0.4 is 10.2 Å². The summed E-state index contributed by atoms with van der Waals surface area (Å²) in [5.74, 6) is 0.259. The van der Waals surface area contributed by atoms with Crippen molar-refractivity contribution in [3.63, 3.8) is 0 Å².